The number of alkyl halides is 3. The molecule has 164 valence electrons. The molecular weight excluding hydrogens is 458 g/mol. The quantitative estimate of drug-likeness (QED) is 0.665. The summed E-state index contributed by atoms with van der Waals surface area (Å²) in [6.07, 6.45) is -4.54. The van der Waals surface area contributed by atoms with Crippen molar-refractivity contribution in [2.45, 2.75) is 31.6 Å². The minimum absolute atomic E-state index is 0.0443. The van der Waals surface area contributed by atoms with Gasteiger partial charge >= 0.3 is 12.2 Å². The summed E-state index contributed by atoms with van der Waals surface area (Å²) in [7, 11) is 0. The van der Waals surface area contributed by atoms with Crippen molar-refractivity contribution in [3.63, 3.8) is 0 Å². The number of benzene rings is 2. The largest absolute Gasteiger partial charge is 0.416 e. The lowest BCUT2D eigenvalue weighted by atomic mass is 10.2. The van der Waals surface area contributed by atoms with Crippen LogP contribution in [0.25, 0.3) is 0 Å². The monoisotopic (exact) mass is 473 g/mol. The standard InChI is InChI=1S/C20H16Cl2F3N3O3/c21-13-5-4-11(15(22)9-13)10-26-18(30)16-6-7-17(29)28(16)19(31)27-14-3-1-2-12(8-14)20(23,24)25/h1-5,8-9,16H,6-7,10H2,(H,26,30)(H,27,31). The van der Waals surface area contributed by atoms with Crippen LogP contribution in [0.4, 0.5) is 23.7 Å². The number of urea groups is 1. The van der Waals surface area contributed by atoms with Crippen LogP contribution in [0.15, 0.2) is 42.5 Å². The molecule has 0 saturated carbocycles. The van der Waals surface area contributed by atoms with Crippen molar-refractivity contribution in [3.8, 4) is 0 Å². The van der Waals surface area contributed by atoms with E-state index in [1.54, 1.807) is 12.1 Å². The highest BCUT2D eigenvalue weighted by atomic mass is 35.5. The van der Waals surface area contributed by atoms with Gasteiger partial charge in [-0.1, -0.05) is 35.3 Å². The molecule has 0 aromatic heterocycles. The van der Waals surface area contributed by atoms with E-state index in [4.69, 9.17) is 23.2 Å². The van der Waals surface area contributed by atoms with Crippen LogP contribution in [0.1, 0.15) is 24.0 Å². The van der Waals surface area contributed by atoms with Gasteiger partial charge in [-0.2, -0.15) is 13.2 Å². The van der Waals surface area contributed by atoms with Gasteiger partial charge in [-0.3, -0.25) is 14.5 Å². The van der Waals surface area contributed by atoms with Crippen molar-refractivity contribution in [1.82, 2.24) is 10.2 Å². The molecule has 1 atom stereocenters. The average molecular weight is 474 g/mol. The molecule has 1 fully saturated rings. The summed E-state index contributed by atoms with van der Waals surface area (Å²) in [6, 6.07) is 6.65. The molecule has 1 saturated heterocycles. The first kappa shape index (κ1) is 22.9. The number of halogens is 5. The summed E-state index contributed by atoms with van der Waals surface area (Å²) in [5.41, 5.74) is -0.512. The van der Waals surface area contributed by atoms with Gasteiger partial charge in [0.1, 0.15) is 6.04 Å². The number of amides is 4. The van der Waals surface area contributed by atoms with Crippen LogP contribution in [0.3, 0.4) is 0 Å². The Balaban J connectivity index is 1.69. The molecule has 1 unspecified atom stereocenters. The number of carbonyl (C=O) groups is 3. The number of hydrogen-bond acceptors (Lipinski definition) is 3. The fourth-order valence-electron chi connectivity index (χ4n) is 3.11. The van der Waals surface area contributed by atoms with Crippen molar-refractivity contribution in [1.29, 1.82) is 0 Å². The summed E-state index contributed by atoms with van der Waals surface area (Å²) in [6.45, 7) is 0.0443. The maximum Gasteiger partial charge on any atom is 0.416 e. The lowest BCUT2D eigenvalue weighted by molar-refractivity contribution is -0.137. The number of carbonyl (C=O) groups excluding carboxylic acids is 3. The number of nitrogens with one attached hydrogen (secondary N) is 2. The Hall–Kier alpha value is -2.78. The van der Waals surface area contributed by atoms with Crippen LogP contribution < -0.4 is 10.6 Å². The van der Waals surface area contributed by atoms with E-state index in [-0.39, 0.29) is 25.1 Å². The number of hydrogen-bond donors (Lipinski definition) is 2. The van der Waals surface area contributed by atoms with Gasteiger partial charge < -0.3 is 10.6 Å². The van der Waals surface area contributed by atoms with E-state index >= 15 is 0 Å². The molecule has 2 N–H and O–H groups in total. The smallest absolute Gasteiger partial charge is 0.350 e. The van der Waals surface area contributed by atoms with E-state index in [1.807, 2.05) is 0 Å². The van der Waals surface area contributed by atoms with Gasteiger partial charge in [-0.05, 0) is 42.3 Å². The molecule has 11 heteroatoms. The molecule has 2 aromatic carbocycles. The Labute approximate surface area is 185 Å². The molecule has 2 aromatic rings. The van der Waals surface area contributed by atoms with Crippen LogP contribution >= 0.6 is 23.2 Å². The zero-order valence-corrected chi connectivity index (χ0v) is 17.3. The minimum atomic E-state index is -4.59. The van der Waals surface area contributed by atoms with Crippen LogP contribution in [-0.2, 0) is 22.3 Å². The lowest BCUT2D eigenvalue weighted by Crippen LogP contribution is -2.49. The normalized spacial score (nSPS) is 16.4. The van der Waals surface area contributed by atoms with E-state index in [9.17, 15) is 27.6 Å². The van der Waals surface area contributed by atoms with E-state index < -0.39 is 35.6 Å². The number of imide groups is 1. The molecule has 0 bridgehead atoms. The molecule has 6 nitrogen and oxygen atoms in total. The van der Waals surface area contributed by atoms with Gasteiger partial charge in [0.2, 0.25) is 11.8 Å². The first-order valence-corrected chi connectivity index (χ1v) is 9.84. The molecule has 31 heavy (non-hydrogen) atoms. The van der Waals surface area contributed by atoms with E-state index in [2.05, 4.69) is 10.6 Å². The van der Waals surface area contributed by atoms with Gasteiger partial charge in [0.15, 0.2) is 0 Å². The van der Waals surface area contributed by atoms with Crippen molar-refractivity contribution < 1.29 is 27.6 Å². The van der Waals surface area contributed by atoms with Crippen molar-refractivity contribution in [2.24, 2.45) is 0 Å². The maximum atomic E-state index is 12.9. The van der Waals surface area contributed by atoms with Crippen LogP contribution in [0, 0.1) is 0 Å². The second-order valence-electron chi connectivity index (χ2n) is 6.78. The van der Waals surface area contributed by atoms with Gasteiger partial charge in [-0.25, -0.2) is 4.79 Å². The molecular formula is C20H16Cl2F3N3O3. The van der Waals surface area contributed by atoms with Crippen molar-refractivity contribution >= 4 is 46.7 Å². The fourth-order valence-corrected chi connectivity index (χ4v) is 3.58. The lowest BCUT2D eigenvalue weighted by Gasteiger charge is -2.23. The topological polar surface area (TPSA) is 78.5 Å². The first-order chi connectivity index (χ1) is 14.6. The van der Waals surface area contributed by atoms with Gasteiger partial charge in [0, 0.05) is 28.7 Å². The van der Waals surface area contributed by atoms with Crippen LogP contribution in [0.5, 0.6) is 0 Å². The summed E-state index contributed by atoms with van der Waals surface area (Å²) >= 11 is 11.9. The van der Waals surface area contributed by atoms with E-state index in [0.717, 1.165) is 23.1 Å². The molecule has 0 spiro atoms. The number of nitrogens with zero attached hydrogens (tertiary/aromatic N) is 1. The second-order valence-corrected chi connectivity index (χ2v) is 7.62. The molecule has 1 aliphatic rings. The molecule has 1 heterocycles. The molecule has 3 rings (SSSR count). The molecule has 0 radical (unpaired) electrons. The summed E-state index contributed by atoms with van der Waals surface area (Å²) in [5, 5.41) is 5.63. The molecule has 1 aliphatic heterocycles. The summed E-state index contributed by atoms with van der Waals surface area (Å²) in [5.74, 6) is -1.19. The molecule has 0 aliphatic carbocycles. The highest BCUT2D eigenvalue weighted by Gasteiger charge is 2.40. The molecule has 4 amide bonds. The number of rotatable bonds is 4. The van der Waals surface area contributed by atoms with Crippen molar-refractivity contribution in [3.05, 3.63) is 63.6 Å². The Kier molecular flexibility index (Phi) is 6.76. The average Bonchev–Trinajstić information content (AvgIpc) is 3.08. The Morgan fingerprint density at radius 1 is 1.13 bits per heavy atom. The minimum Gasteiger partial charge on any atom is -0.350 e. The first-order valence-electron chi connectivity index (χ1n) is 9.08. The summed E-state index contributed by atoms with van der Waals surface area (Å²) in [4.78, 5) is 38.1. The zero-order chi connectivity index (χ0) is 22.8. The third-order valence-electron chi connectivity index (χ3n) is 4.64. The van der Waals surface area contributed by atoms with E-state index in [1.165, 1.54) is 12.1 Å². The fraction of sp³-hybridized carbons (Fsp3) is 0.250. The Morgan fingerprint density at radius 2 is 1.87 bits per heavy atom. The van der Waals surface area contributed by atoms with Crippen LogP contribution in [-0.4, -0.2) is 28.8 Å². The third-order valence-corrected chi connectivity index (χ3v) is 5.23. The van der Waals surface area contributed by atoms with Crippen molar-refractivity contribution in [2.75, 3.05) is 5.32 Å². The van der Waals surface area contributed by atoms with Gasteiger partial charge in [0.25, 0.3) is 0 Å². The van der Waals surface area contributed by atoms with Crippen LogP contribution in [0.2, 0.25) is 10.0 Å². The predicted molar refractivity (Wildman–Crippen MR) is 109 cm³/mol. The maximum absolute atomic E-state index is 12.9. The number of anilines is 1. The second kappa shape index (κ2) is 9.15. The SMILES string of the molecule is O=C(NCc1ccc(Cl)cc1Cl)C1CCC(=O)N1C(=O)Nc1cccc(C(F)(F)F)c1. The highest BCUT2D eigenvalue weighted by Crippen LogP contribution is 2.31. The Morgan fingerprint density at radius 3 is 2.55 bits per heavy atom. The third kappa shape index (κ3) is 5.48. The highest BCUT2D eigenvalue weighted by molar-refractivity contribution is 6.35. The summed E-state index contributed by atoms with van der Waals surface area (Å²) < 4.78 is 38.6. The van der Waals surface area contributed by atoms with Gasteiger partial charge in [0.05, 0.1) is 5.56 Å². The van der Waals surface area contributed by atoms with E-state index in [0.29, 0.717) is 15.6 Å². The van der Waals surface area contributed by atoms with Gasteiger partial charge in [-0.15, -0.1) is 0 Å². The number of likely N-dealkylation sites (tertiary alicyclic amines) is 1. The Bertz CT molecular complexity index is 1030. The predicted octanol–water partition coefficient (Wildman–Crippen LogP) is 4.85. The zero-order valence-electron chi connectivity index (χ0n) is 15.8.